The molecule has 1 aliphatic heterocycles. The van der Waals surface area contributed by atoms with E-state index >= 15 is 0 Å². The Bertz CT molecular complexity index is 1490. The van der Waals surface area contributed by atoms with E-state index < -0.39 is 0 Å². The van der Waals surface area contributed by atoms with Crippen LogP contribution >= 0.6 is 0 Å². The van der Waals surface area contributed by atoms with Gasteiger partial charge in [0.05, 0.1) is 5.56 Å². The molecule has 5 aromatic rings. The first kappa shape index (κ1) is 27.7. The Balaban J connectivity index is 0.000000204. The van der Waals surface area contributed by atoms with Gasteiger partial charge in [0.1, 0.15) is 24.6 Å². The summed E-state index contributed by atoms with van der Waals surface area (Å²) in [5.74, 6) is 2.30. The first-order chi connectivity index (χ1) is 18.0. The summed E-state index contributed by atoms with van der Waals surface area (Å²) < 4.78 is 4.78. The van der Waals surface area contributed by atoms with Crippen molar-refractivity contribution >= 4 is 0 Å². The van der Waals surface area contributed by atoms with Crippen LogP contribution in [0, 0.1) is 13.0 Å². The zero-order valence-corrected chi connectivity index (χ0v) is 25.2. The molecule has 0 saturated carbocycles. The van der Waals surface area contributed by atoms with Gasteiger partial charge in [0.15, 0.2) is 0 Å². The van der Waals surface area contributed by atoms with Crippen LogP contribution in [0.3, 0.4) is 0 Å². The summed E-state index contributed by atoms with van der Waals surface area (Å²) in [7, 11) is 0. The molecule has 2 aromatic heterocycles. The van der Waals surface area contributed by atoms with Crippen molar-refractivity contribution in [1.29, 1.82) is 0 Å². The summed E-state index contributed by atoms with van der Waals surface area (Å²) in [5, 5.41) is 0. The van der Waals surface area contributed by atoms with Crippen molar-refractivity contribution in [2.75, 3.05) is 0 Å². The van der Waals surface area contributed by atoms with E-state index in [0.29, 0.717) is 11.8 Å². The predicted molar refractivity (Wildman–Crippen MR) is 152 cm³/mol. The van der Waals surface area contributed by atoms with Crippen LogP contribution in [0.15, 0.2) is 97.5 Å². The Morgan fingerprint density at radius 3 is 2.21 bits per heavy atom. The second-order valence-electron chi connectivity index (χ2n) is 10.3. The van der Waals surface area contributed by atoms with E-state index in [2.05, 4.69) is 116 Å². The van der Waals surface area contributed by atoms with Gasteiger partial charge in [-0.1, -0.05) is 75.7 Å². The van der Waals surface area contributed by atoms with Gasteiger partial charge < -0.3 is 4.98 Å². The topological polar surface area (TPSA) is 21.7 Å². The molecule has 3 aromatic carbocycles. The third-order valence-electron chi connectivity index (χ3n) is 7.05. The molecule has 1 aliphatic rings. The maximum Gasteiger partial charge on any atom is 0.294 e. The fourth-order valence-electron chi connectivity index (χ4n) is 5.18. The van der Waals surface area contributed by atoms with E-state index in [1.165, 1.54) is 39.3 Å². The average Bonchev–Trinajstić information content (AvgIpc) is 3.49. The van der Waals surface area contributed by atoms with E-state index in [9.17, 15) is 0 Å². The third-order valence-corrected chi connectivity index (χ3v) is 7.05. The molecule has 0 fully saturated rings. The standard InChI is InChI=1S/C22H25N2.C12H10N.Ir/c1-15(2)18-10-7-11-19(16(3)4)21(18)24-13-12-23-14-17-8-5-6-9-20(17)22(23)24;1-10-6-5-9-13-12(10)11-7-3-2-4-8-11;/h5-13,15-16H,14H2,1-4H3;2-7,9H,1H3;/q+1;-1;. The second kappa shape index (κ2) is 12.0. The molecule has 0 aliphatic carbocycles. The van der Waals surface area contributed by atoms with Gasteiger partial charge in [-0.15, -0.1) is 35.9 Å². The molecule has 195 valence electrons. The Hall–Kier alpha value is -3.33. The van der Waals surface area contributed by atoms with Crippen LogP contribution in [-0.4, -0.2) is 9.55 Å². The molecule has 6 rings (SSSR count). The number of aryl methyl sites for hydroxylation is 1. The van der Waals surface area contributed by atoms with Crippen LogP contribution in [0.4, 0.5) is 0 Å². The minimum Gasteiger partial charge on any atom is -0.304 e. The maximum absolute atomic E-state index is 4.32. The molecule has 3 heterocycles. The van der Waals surface area contributed by atoms with Crippen LogP contribution in [0.2, 0.25) is 0 Å². The molecule has 0 unspecified atom stereocenters. The number of hydrogen-bond acceptors (Lipinski definition) is 1. The van der Waals surface area contributed by atoms with Crippen LogP contribution < -0.4 is 4.57 Å². The van der Waals surface area contributed by atoms with Gasteiger partial charge in [-0.25, -0.2) is 4.57 Å². The van der Waals surface area contributed by atoms with Crippen molar-refractivity contribution < 1.29 is 24.7 Å². The summed E-state index contributed by atoms with van der Waals surface area (Å²) in [5.41, 5.74) is 10.2. The number of benzene rings is 3. The summed E-state index contributed by atoms with van der Waals surface area (Å²) in [4.78, 5) is 4.32. The molecular formula is C34H35IrN3. The van der Waals surface area contributed by atoms with Crippen molar-refractivity contribution in [3.05, 3.63) is 126 Å². The van der Waals surface area contributed by atoms with Gasteiger partial charge in [-0.05, 0) is 36.6 Å². The number of imidazole rings is 1. The number of nitrogens with zero attached hydrogens (tertiary/aromatic N) is 3. The van der Waals surface area contributed by atoms with Gasteiger partial charge in [0, 0.05) is 43.0 Å². The van der Waals surface area contributed by atoms with Crippen LogP contribution in [0.1, 0.15) is 61.8 Å². The quantitative estimate of drug-likeness (QED) is 0.137. The monoisotopic (exact) mass is 678 g/mol. The minimum absolute atomic E-state index is 0. The summed E-state index contributed by atoms with van der Waals surface area (Å²) in [6, 6.07) is 30.6. The third kappa shape index (κ3) is 5.43. The van der Waals surface area contributed by atoms with Gasteiger partial charge in [0.2, 0.25) is 0 Å². The van der Waals surface area contributed by atoms with Crippen LogP contribution in [0.5, 0.6) is 0 Å². The average molecular weight is 678 g/mol. The predicted octanol–water partition coefficient (Wildman–Crippen LogP) is 7.90. The van der Waals surface area contributed by atoms with Crippen molar-refractivity contribution in [1.82, 2.24) is 9.55 Å². The number of rotatable bonds is 4. The molecular weight excluding hydrogens is 643 g/mol. The molecule has 0 atom stereocenters. The Kier molecular flexibility index (Phi) is 8.76. The first-order valence-electron chi connectivity index (χ1n) is 13.2. The fraction of sp³-hybridized carbons (Fsp3) is 0.235. The first-order valence-corrected chi connectivity index (χ1v) is 13.2. The normalized spacial score (nSPS) is 11.4. The van der Waals surface area contributed by atoms with Crippen LogP contribution in [-0.2, 0) is 26.7 Å². The number of fused-ring (bicyclic) bond motifs is 3. The van der Waals surface area contributed by atoms with Gasteiger partial charge >= 0.3 is 0 Å². The maximum atomic E-state index is 4.32. The largest absolute Gasteiger partial charge is 0.304 e. The molecule has 3 nitrogen and oxygen atoms in total. The van der Waals surface area contributed by atoms with Crippen molar-refractivity contribution in [2.45, 2.75) is 53.0 Å². The van der Waals surface area contributed by atoms with E-state index in [1.807, 2.05) is 36.5 Å². The van der Waals surface area contributed by atoms with E-state index in [0.717, 1.165) is 17.8 Å². The molecule has 0 spiro atoms. The Labute approximate surface area is 240 Å². The number of hydrogen-bond donors (Lipinski definition) is 0. The zero-order valence-electron chi connectivity index (χ0n) is 22.8. The van der Waals surface area contributed by atoms with E-state index in [-0.39, 0.29) is 20.1 Å². The molecule has 38 heavy (non-hydrogen) atoms. The second-order valence-corrected chi connectivity index (χ2v) is 10.3. The molecule has 4 heteroatoms. The fourth-order valence-corrected chi connectivity index (χ4v) is 5.18. The molecule has 0 bridgehead atoms. The van der Waals surface area contributed by atoms with E-state index in [4.69, 9.17) is 0 Å². The van der Waals surface area contributed by atoms with Gasteiger partial charge in [-0.2, -0.15) is 4.57 Å². The van der Waals surface area contributed by atoms with Crippen molar-refractivity contribution in [3.8, 4) is 28.3 Å². The SMILES string of the molecule is CC(C)c1cccc(C(C)C)c1-n1cc[n+]2c1-c1ccccc1C2.Cc1cccnc1-c1[c-]cccc1.[Ir]. The molecule has 0 saturated heterocycles. The Morgan fingerprint density at radius 1 is 0.842 bits per heavy atom. The summed E-state index contributed by atoms with van der Waals surface area (Å²) in [6.45, 7) is 12.2. The van der Waals surface area contributed by atoms with Gasteiger partial charge in [-0.3, -0.25) is 0 Å². The number of aromatic nitrogens is 3. The smallest absolute Gasteiger partial charge is 0.294 e. The summed E-state index contributed by atoms with van der Waals surface area (Å²) in [6.07, 6.45) is 6.26. The van der Waals surface area contributed by atoms with Crippen LogP contribution in [0.25, 0.3) is 28.3 Å². The summed E-state index contributed by atoms with van der Waals surface area (Å²) >= 11 is 0. The van der Waals surface area contributed by atoms with Crippen molar-refractivity contribution in [2.24, 2.45) is 0 Å². The minimum atomic E-state index is 0. The Morgan fingerprint density at radius 2 is 1.55 bits per heavy atom. The molecule has 0 amide bonds. The van der Waals surface area contributed by atoms with Gasteiger partial charge in [0.25, 0.3) is 5.82 Å². The number of para-hydroxylation sites is 1. The van der Waals surface area contributed by atoms with Crippen molar-refractivity contribution in [3.63, 3.8) is 0 Å². The molecule has 1 radical (unpaired) electrons. The zero-order chi connectivity index (χ0) is 25.9. The van der Waals surface area contributed by atoms with E-state index in [1.54, 1.807) is 0 Å². The number of pyridine rings is 1. The molecule has 0 N–H and O–H groups in total.